The van der Waals surface area contributed by atoms with Crippen molar-refractivity contribution in [1.82, 2.24) is 4.98 Å². The lowest BCUT2D eigenvalue weighted by Crippen LogP contribution is -2.10. The first-order chi connectivity index (χ1) is 12.6. The van der Waals surface area contributed by atoms with E-state index < -0.39 is 0 Å². The summed E-state index contributed by atoms with van der Waals surface area (Å²) in [6.45, 7) is 2.15. The minimum absolute atomic E-state index is 0.0184. The van der Waals surface area contributed by atoms with Gasteiger partial charge >= 0.3 is 0 Å². The van der Waals surface area contributed by atoms with E-state index in [1.54, 1.807) is 30.3 Å². The number of fused-ring (bicyclic) bond motifs is 1. The fourth-order valence-corrected chi connectivity index (χ4v) is 3.21. The second-order valence-corrected chi connectivity index (χ2v) is 7.03. The van der Waals surface area contributed by atoms with Crippen LogP contribution in [0.25, 0.3) is 22.6 Å². The van der Waals surface area contributed by atoms with E-state index in [0.29, 0.717) is 44.7 Å². The predicted octanol–water partition coefficient (Wildman–Crippen LogP) is 6.71. The molecule has 4 nitrogen and oxygen atoms in total. The molecule has 1 heterocycles. The van der Waals surface area contributed by atoms with Gasteiger partial charge in [0.15, 0.2) is 5.58 Å². The summed E-state index contributed by atoms with van der Waals surface area (Å²) < 4.78 is 5.78. The Bertz CT molecular complexity index is 921. The molecule has 2 aromatic carbocycles. The summed E-state index contributed by atoms with van der Waals surface area (Å²) in [5, 5.41) is 3.95. The van der Waals surface area contributed by atoms with E-state index in [9.17, 15) is 4.79 Å². The third-order valence-electron chi connectivity index (χ3n) is 4.09. The molecule has 0 saturated heterocycles. The number of amides is 1. The van der Waals surface area contributed by atoms with E-state index in [2.05, 4.69) is 17.2 Å². The number of anilines is 1. The Morgan fingerprint density at radius 2 is 1.96 bits per heavy atom. The smallest absolute Gasteiger partial charge is 0.228 e. The van der Waals surface area contributed by atoms with E-state index >= 15 is 0 Å². The fourth-order valence-electron chi connectivity index (χ4n) is 2.72. The maximum absolute atomic E-state index is 12.0. The van der Waals surface area contributed by atoms with E-state index in [1.807, 2.05) is 6.07 Å². The van der Waals surface area contributed by atoms with E-state index in [1.165, 1.54) is 0 Å². The molecular weight excluding hydrogens is 371 g/mol. The summed E-state index contributed by atoms with van der Waals surface area (Å²) in [6.07, 6.45) is 4.84. The Labute approximate surface area is 162 Å². The maximum atomic E-state index is 12.0. The minimum Gasteiger partial charge on any atom is -0.436 e. The highest BCUT2D eigenvalue weighted by Crippen LogP contribution is 2.32. The molecule has 0 aliphatic heterocycles. The number of aromatic nitrogens is 1. The fraction of sp³-hybridized carbons (Fsp3) is 0.300. The van der Waals surface area contributed by atoms with Crippen LogP contribution in [0.15, 0.2) is 40.8 Å². The van der Waals surface area contributed by atoms with Crippen LogP contribution in [0.4, 0.5) is 5.69 Å². The van der Waals surface area contributed by atoms with Crippen molar-refractivity contribution in [3.05, 3.63) is 46.4 Å². The SMILES string of the molecule is CCCCCCC(=O)Nc1ccc2oc(-c3ccc(Cl)cc3Cl)nc2c1. The summed E-state index contributed by atoms with van der Waals surface area (Å²) in [5.74, 6) is 0.439. The number of hydrogen-bond donors (Lipinski definition) is 1. The van der Waals surface area contributed by atoms with E-state index in [-0.39, 0.29) is 5.91 Å². The number of nitrogens with zero attached hydrogens (tertiary/aromatic N) is 1. The second-order valence-electron chi connectivity index (χ2n) is 6.18. The van der Waals surface area contributed by atoms with Gasteiger partial charge in [0.1, 0.15) is 5.52 Å². The van der Waals surface area contributed by atoms with E-state index in [0.717, 1.165) is 25.7 Å². The molecule has 1 aromatic heterocycles. The normalized spacial score (nSPS) is 11.0. The zero-order valence-corrected chi connectivity index (χ0v) is 16.0. The molecule has 3 aromatic rings. The Morgan fingerprint density at radius 1 is 1.12 bits per heavy atom. The zero-order valence-electron chi connectivity index (χ0n) is 14.5. The number of carbonyl (C=O) groups excluding carboxylic acids is 1. The summed E-state index contributed by atoms with van der Waals surface area (Å²) in [7, 11) is 0. The topological polar surface area (TPSA) is 55.1 Å². The van der Waals surface area contributed by atoms with Crippen molar-refractivity contribution in [2.75, 3.05) is 5.32 Å². The van der Waals surface area contributed by atoms with E-state index in [4.69, 9.17) is 27.6 Å². The molecule has 0 spiro atoms. The molecular formula is C20H20Cl2N2O2. The quantitative estimate of drug-likeness (QED) is 0.456. The first-order valence-electron chi connectivity index (χ1n) is 8.72. The van der Waals surface area contributed by atoms with Gasteiger partial charge < -0.3 is 9.73 Å². The van der Waals surface area contributed by atoms with Crippen LogP contribution in [0, 0.1) is 0 Å². The average Bonchev–Trinajstić information content (AvgIpc) is 3.01. The first-order valence-corrected chi connectivity index (χ1v) is 9.48. The Morgan fingerprint density at radius 3 is 2.73 bits per heavy atom. The highest BCUT2D eigenvalue weighted by molar-refractivity contribution is 6.36. The van der Waals surface area contributed by atoms with Crippen molar-refractivity contribution in [3.63, 3.8) is 0 Å². The third-order valence-corrected chi connectivity index (χ3v) is 4.64. The van der Waals surface area contributed by atoms with Gasteiger partial charge in [0.2, 0.25) is 11.8 Å². The number of hydrogen-bond acceptors (Lipinski definition) is 3. The molecule has 0 radical (unpaired) electrons. The standard InChI is InChI=1S/C20H20Cl2N2O2/c1-2-3-4-5-6-19(25)23-14-8-10-18-17(12-14)24-20(26-18)15-9-7-13(21)11-16(15)22/h7-12H,2-6H2,1H3,(H,23,25). The van der Waals surface area contributed by atoms with Gasteiger partial charge in [0.25, 0.3) is 0 Å². The van der Waals surface area contributed by atoms with Crippen LogP contribution < -0.4 is 5.32 Å². The van der Waals surface area contributed by atoms with Gasteiger partial charge in [-0.2, -0.15) is 0 Å². The number of carbonyl (C=O) groups is 1. The average molecular weight is 391 g/mol. The molecule has 1 N–H and O–H groups in total. The monoisotopic (exact) mass is 390 g/mol. The lowest BCUT2D eigenvalue weighted by Gasteiger charge is -2.04. The molecule has 0 fully saturated rings. The molecule has 1 amide bonds. The molecule has 6 heteroatoms. The largest absolute Gasteiger partial charge is 0.436 e. The Balaban J connectivity index is 1.74. The number of nitrogens with one attached hydrogen (secondary N) is 1. The summed E-state index contributed by atoms with van der Waals surface area (Å²) in [4.78, 5) is 16.5. The highest BCUT2D eigenvalue weighted by atomic mass is 35.5. The Hall–Kier alpha value is -2.04. The number of benzene rings is 2. The summed E-state index contributed by atoms with van der Waals surface area (Å²) >= 11 is 12.2. The number of rotatable bonds is 7. The number of halogens is 2. The van der Waals surface area contributed by atoms with Gasteiger partial charge in [-0.25, -0.2) is 4.98 Å². The zero-order chi connectivity index (χ0) is 18.5. The van der Waals surface area contributed by atoms with Crippen molar-refractivity contribution in [3.8, 4) is 11.5 Å². The van der Waals surface area contributed by atoms with Crippen LogP contribution in [0.2, 0.25) is 10.0 Å². The van der Waals surface area contributed by atoms with Crippen LogP contribution in [0.5, 0.6) is 0 Å². The van der Waals surface area contributed by atoms with Gasteiger partial charge in [0.05, 0.1) is 10.6 Å². The van der Waals surface area contributed by atoms with Crippen LogP contribution >= 0.6 is 23.2 Å². The highest BCUT2D eigenvalue weighted by Gasteiger charge is 2.13. The lowest BCUT2D eigenvalue weighted by molar-refractivity contribution is -0.116. The van der Waals surface area contributed by atoms with Gasteiger partial charge in [-0.15, -0.1) is 0 Å². The molecule has 0 aliphatic carbocycles. The van der Waals surface area contributed by atoms with Crippen LogP contribution in [0.1, 0.15) is 39.0 Å². The number of oxazole rings is 1. The summed E-state index contributed by atoms with van der Waals surface area (Å²) in [5.41, 5.74) is 2.68. The van der Waals surface area contributed by atoms with Gasteiger partial charge in [-0.3, -0.25) is 4.79 Å². The molecule has 0 atom stereocenters. The van der Waals surface area contributed by atoms with Crippen molar-refractivity contribution in [2.45, 2.75) is 39.0 Å². The van der Waals surface area contributed by atoms with Gasteiger partial charge in [0, 0.05) is 17.1 Å². The third kappa shape index (κ3) is 4.57. The molecule has 0 bridgehead atoms. The van der Waals surface area contributed by atoms with Crippen molar-refractivity contribution >= 4 is 45.9 Å². The van der Waals surface area contributed by atoms with Crippen LogP contribution in [0.3, 0.4) is 0 Å². The molecule has 0 saturated carbocycles. The first kappa shape index (κ1) is 18.7. The van der Waals surface area contributed by atoms with Gasteiger partial charge in [-0.1, -0.05) is 49.4 Å². The second kappa shape index (κ2) is 8.56. The van der Waals surface area contributed by atoms with Gasteiger partial charge in [-0.05, 0) is 42.8 Å². The van der Waals surface area contributed by atoms with Crippen LogP contribution in [-0.4, -0.2) is 10.9 Å². The Kier molecular flexibility index (Phi) is 6.17. The van der Waals surface area contributed by atoms with Crippen LogP contribution in [-0.2, 0) is 4.79 Å². The lowest BCUT2D eigenvalue weighted by atomic mass is 10.1. The molecule has 26 heavy (non-hydrogen) atoms. The molecule has 3 rings (SSSR count). The van der Waals surface area contributed by atoms with Crippen molar-refractivity contribution in [1.29, 1.82) is 0 Å². The predicted molar refractivity (Wildman–Crippen MR) is 107 cm³/mol. The van der Waals surface area contributed by atoms with Crippen molar-refractivity contribution < 1.29 is 9.21 Å². The molecule has 0 unspecified atom stereocenters. The summed E-state index contributed by atoms with van der Waals surface area (Å²) in [6, 6.07) is 10.6. The molecule has 136 valence electrons. The minimum atomic E-state index is 0.0184. The maximum Gasteiger partial charge on any atom is 0.228 e. The van der Waals surface area contributed by atoms with Crippen molar-refractivity contribution in [2.24, 2.45) is 0 Å². The number of unbranched alkanes of at least 4 members (excludes halogenated alkanes) is 3. The molecule has 0 aliphatic rings.